The van der Waals surface area contributed by atoms with Crippen molar-refractivity contribution in [2.24, 2.45) is 0 Å². The van der Waals surface area contributed by atoms with Crippen molar-refractivity contribution in [2.75, 3.05) is 25.5 Å². The zero-order valence-electron chi connectivity index (χ0n) is 16.5. The van der Waals surface area contributed by atoms with Gasteiger partial charge in [0.25, 0.3) is 0 Å². The highest BCUT2D eigenvalue weighted by atomic mass is 35.5. The molecule has 2 aromatic rings. The number of likely N-dealkylation sites (N-methyl/N-ethyl adjacent to an activating group) is 1. The Balaban J connectivity index is 1.86. The van der Waals surface area contributed by atoms with E-state index in [1.165, 1.54) is 0 Å². The van der Waals surface area contributed by atoms with Crippen molar-refractivity contribution in [1.82, 2.24) is 10.2 Å². The lowest BCUT2D eigenvalue weighted by atomic mass is 10.1. The molecule has 0 bridgehead atoms. The highest BCUT2D eigenvalue weighted by Gasteiger charge is 2.16. The molecule has 2 N–H and O–H groups in total. The summed E-state index contributed by atoms with van der Waals surface area (Å²) in [5, 5.41) is 6.82. The van der Waals surface area contributed by atoms with Crippen LogP contribution in [-0.2, 0) is 9.59 Å². The number of nitrogens with zero attached hydrogens (tertiary/aromatic N) is 1. The maximum atomic E-state index is 12.3. The fourth-order valence-corrected chi connectivity index (χ4v) is 3.41. The molecule has 0 fully saturated rings. The minimum absolute atomic E-state index is 0.0930. The summed E-state index contributed by atoms with van der Waals surface area (Å²) in [5.41, 5.74) is 3.72. The number of hydrogen-bond donors (Lipinski definition) is 2. The minimum Gasteiger partial charge on any atom is -0.348 e. The first-order valence-corrected chi connectivity index (χ1v) is 9.72. The van der Waals surface area contributed by atoms with Crippen molar-refractivity contribution in [2.45, 2.75) is 26.8 Å². The maximum absolute atomic E-state index is 12.3. The summed E-state index contributed by atoms with van der Waals surface area (Å²) in [6.07, 6.45) is 0. The number of carbonyl (C=O) groups excluding carboxylic acids is 2. The van der Waals surface area contributed by atoms with Crippen LogP contribution in [0, 0.1) is 13.8 Å². The molecule has 0 radical (unpaired) electrons. The summed E-state index contributed by atoms with van der Waals surface area (Å²) in [5.74, 6) is -0.363. The Kier molecular flexibility index (Phi) is 7.87. The van der Waals surface area contributed by atoms with Crippen molar-refractivity contribution >= 4 is 40.7 Å². The number of amides is 2. The van der Waals surface area contributed by atoms with Gasteiger partial charge in [-0.25, -0.2) is 0 Å². The van der Waals surface area contributed by atoms with Crippen LogP contribution in [0.15, 0.2) is 36.4 Å². The van der Waals surface area contributed by atoms with Crippen LogP contribution in [0.5, 0.6) is 0 Å². The highest BCUT2D eigenvalue weighted by Crippen LogP contribution is 2.26. The molecule has 2 aromatic carbocycles. The first-order chi connectivity index (χ1) is 13.2. The lowest BCUT2D eigenvalue weighted by Gasteiger charge is -2.20. The zero-order chi connectivity index (χ0) is 20.8. The molecule has 2 rings (SSSR count). The van der Waals surface area contributed by atoms with Crippen molar-refractivity contribution in [3.8, 4) is 0 Å². The number of halogens is 2. The second kappa shape index (κ2) is 9.92. The van der Waals surface area contributed by atoms with Crippen molar-refractivity contribution in [1.29, 1.82) is 0 Å². The van der Waals surface area contributed by atoms with Crippen molar-refractivity contribution in [3.05, 3.63) is 63.1 Å². The highest BCUT2D eigenvalue weighted by molar-refractivity contribution is 6.35. The van der Waals surface area contributed by atoms with E-state index in [0.717, 1.165) is 22.4 Å². The zero-order valence-corrected chi connectivity index (χ0v) is 18.0. The number of aryl methyl sites for hydroxylation is 1. The molecule has 1 atom stereocenters. The monoisotopic (exact) mass is 421 g/mol. The van der Waals surface area contributed by atoms with Gasteiger partial charge in [0.1, 0.15) is 0 Å². The lowest BCUT2D eigenvalue weighted by Crippen LogP contribution is -2.39. The summed E-state index contributed by atoms with van der Waals surface area (Å²) in [4.78, 5) is 26.2. The van der Waals surface area contributed by atoms with Crippen LogP contribution in [0.1, 0.15) is 29.7 Å². The average molecular weight is 422 g/mol. The van der Waals surface area contributed by atoms with E-state index in [1.54, 1.807) is 30.1 Å². The molecule has 2 amide bonds. The maximum Gasteiger partial charge on any atom is 0.238 e. The molecule has 0 spiro atoms. The predicted octanol–water partition coefficient (Wildman–Crippen LogP) is 4.36. The summed E-state index contributed by atoms with van der Waals surface area (Å²) in [6.45, 7) is 6.01. The van der Waals surface area contributed by atoms with Crippen molar-refractivity contribution < 1.29 is 9.59 Å². The average Bonchev–Trinajstić information content (AvgIpc) is 2.58. The van der Waals surface area contributed by atoms with Gasteiger partial charge in [0.15, 0.2) is 0 Å². The Morgan fingerprint density at radius 2 is 1.75 bits per heavy atom. The molecule has 0 saturated heterocycles. The molecule has 150 valence electrons. The first kappa shape index (κ1) is 22.2. The second-order valence-corrected chi connectivity index (χ2v) is 7.77. The van der Waals surface area contributed by atoms with Gasteiger partial charge in [0.2, 0.25) is 11.8 Å². The fraction of sp³-hybridized carbons (Fsp3) is 0.333. The van der Waals surface area contributed by atoms with Crippen LogP contribution in [0.4, 0.5) is 5.69 Å². The van der Waals surface area contributed by atoms with Gasteiger partial charge in [-0.05, 0) is 62.7 Å². The topological polar surface area (TPSA) is 61.4 Å². The van der Waals surface area contributed by atoms with Crippen LogP contribution in [0.3, 0.4) is 0 Å². The molecule has 0 aliphatic rings. The largest absolute Gasteiger partial charge is 0.348 e. The van der Waals surface area contributed by atoms with E-state index in [1.807, 2.05) is 39.0 Å². The summed E-state index contributed by atoms with van der Waals surface area (Å²) in [7, 11) is 1.72. The lowest BCUT2D eigenvalue weighted by molar-refractivity contribution is -0.123. The molecule has 0 aromatic heterocycles. The predicted molar refractivity (Wildman–Crippen MR) is 115 cm³/mol. The van der Waals surface area contributed by atoms with E-state index in [0.29, 0.717) is 10.0 Å². The van der Waals surface area contributed by atoms with Gasteiger partial charge in [-0.15, -0.1) is 0 Å². The van der Waals surface area contributed by atoms with Gasteiger partial charge in [-0.1, -0.05) is 41.4 Å². The van der Waals surface area contributed by atoms with Gasteiger partial charge in [-0.3, -0.25) is 14.5 Å². The molecule has 0 aliphatic carbocycles. The van der Waals surface area contributed by atoms with E-state index in [4.69, 9.17) is 23.2 Å². The number of benzene rings is 2. The Labute approximate surface area is 176 Å². The molecule has 0 unspecified atom stereocenters. The summed E-state index contributed by atoms with van der Waals surface area (Å²) >= 11 is 12.1. The Bertz CT molecular complexity index is 871. The van der Waals surface area contributed by atoms with E-state index >= 15 is 0 Å². The Morgan fingerprint density at radius 1 is 1.07 bits per heavy atom. The number of rotatable bonds is 7. The summed E-state index contributed by atoms with van der Waals surface area (Å²) < 4.78 is 0. The second-order valence-electron chi connectivity index (χ2n) is 6.92. The number of hydrogen-bond acceptors (Lipinski definition) is 3. The number of carbonyl (C=O) groups is 2. The third kappa shape index (κ3) is 6.23. The van der Waals surface area contributed by atoms with Crippen molar-refractivity contribution in [3.63, 3.8) is 0 Å². The first-order valence-electron chi connectivity index (χ1n) is 8.96. The van der Waals surface area contributed by atoms with E-state index in [2.05, 4.69) is 10.6 Å². The van der Waals surface area contributed by atoms with Gasteiger partial charge in [-0.2, -0.15) is 0 Å². The standard InChI is InChI=1S/C21H25Cl2N3O2/c1-13-6-5-7-19(14(13)2)25-21(28)12-26(4)11-20(27)24-15(3)17-9-8-16(22)10-18(17)23/h5-10,15H,11-12H2,1-4H3,(H,24,27)(H,25,28)/t15-/m0/s1. The number of anilines is 1. The van der Waals surface area contributed by atoms with Crippen LogP contribution in [0.25, 0.3) is 0 Å². The van der Waals surface area contributed by atoms with Crippen LogP contribution >= 0.6 is 23.2 Å². The van der Waals surface area contributed by atoms with Gasteiger partial charge < -0.3 is 10.6 Å². The SMILES string of the molecule is Cc1cccc(NC(=O)CN(C)CC(=O)N[C@@H](C)c2ccc(Cl)cc2Cl)c1C. The molecule has 0 saturated carbocycles. The quantitative estimate of drug-likeness (QED) is 0.697. The third-order valence-electron chi connectivity index (χ3n) is 4.51. The Hall–Kier alpha value is -2.08. The summed E-state index contributed by atoms with van der Waals surface area (Å²) in [6, 6.07) is 10.7. The number of nitrogens with one attached hydrogen (secondary N) is 2. The fourth-order valence-electron chi connectivity index (χ4n) is 2.84. The van der Waals surface area contributed by atoms with Gasteiger partial charge >= 0.3 is 0 Å². The van der Waals surface area contributed by atoms with Crippen LogP contribution < -0.4 is 10.6 Å². The minimum atomic E-state index is -0.269. The molecule has 7 heteroatoms. The van der Waals surface area contributed by atoms with Crippen LogP contribution in [0.2, 0.25) is 10.0 Å². The molecule has 28 heavy (non-hydrogen) atoms. The van der Waals surface area contributed by atoms with E-state index in [9.17, 15) is 9.59 Å². The third-order valence-corrected chi connectivity index (χ3v) is 5.07. The van der Waals surface area contributed by atoms with E-state index in [-0.39, 0.29) is 30.9 Å². The Morgan fingerprint density at radius 3 is 2.43 bits per heavy atom. The molecular formula is C21H25Cl2N3O2. The van der Waals surface area contributed by atoms with Gasteiger partial charge in [0.05, 0.1) is 19.1 Å². The van der Waals surface area contributed by atoms with Gasteiger partial charge in [0, 0.05) is 15.7 Å². The van der Waals surface area contributed by atoms with E-state index < -0.39 is 0 Å². The molecular weight excluding hydrogens is 397 g/mol. The molecule has 5 nitrogen and oxygen atoms in total. The molecule has 0 aliphatic heterocycles. The van der Waals surface area contributed by atoms with Crippen LogP contribution in [-0.4, -0.2) is 36.9 Å². The smallest absolute Gasteiger partial charge is 0.238 e. The normalized spacial score (nSPS) is 12.0. The molecule has 0 heterocycles.